The molecule has 0 aromatic heterocycles. The molecule has 0 aliphatic carbocycles. The van der Waals surface area contributed by atoms with Gasteiger partial charge in [-0.1, -0.05) is 18.2 Å². The van der Waals surface area contributed by atoms with Crippen molar-refractivity contribution < 1.29 is 26.0 Å². The summed E-state index contributed by atoms with van der Waals surface area (Å²) in [6, 6.07) is 11.6. The summed E-state index contributed by atoms with van der Waals surface area (Å²) in [5, 5.41) is 0. The van der Waals surface area contributed by atoms with Crippen LogP contribution in [0.2, 0.25) is 0 Å². The molecule has 29 heavy (non-hydrogen) atoms. The summed E-state index contributed by atoms with van der Waals surface area (Å²) < 4.78 is 70.6. The van der Waals surface area contributed by atoms with Crippen molar-refractivity contribution in [1.82, 2.24) is 9.21 Å². The van der Waals surface area contributed by atoms with Crippen LogP contribution in [0.4, 0.5) is 4.39 Å². The van der Waals surface area contributed by atoms with E-state index in [1.54, 1.807) is 12.1 Å². The van der Waals surface area contributed by atoms with E-state index >= 15 is 0 Å². The molecule has 10 heteroatoms. The van der Waals surface area contributed by atoms with Crippen LogP contribution in [0.25, 0.3) is 0 Å². The van der Waals surface area contributed by atoms with Crippen LogP contribution < -0.4 is 4.74 Å². The van der Waals surface area contributed by atoms with Gasteiger partial charge in [-0.2, -0.15) is 4.31 Å². The fourth-order valence-electron chi connectivity index (χ4n) is 3.15. The van der Waals surface area contributed by atoms with Gasteiger partial charge in [0.15, 0.2) is 9.84 Å². The van der Waals surface area contributed by atoms with E-state index in [9.17, 15) is 21.2 Å². The Morgan fingerprint density at radius 3 is 2.31 bits per heavy atom. The number of methoxy groups -OCH3 is 1. The number of sulfone groups is 1. The van der Waals surface area contributed by atoms with Crippen LogP contribution in [0.1, 0.15) is 0 Å². The van der Waals surface area contributed by atoms with Crippen LogP contribution in [0.3, 0.4) is 0 Å². The SMILES string of the molecule is COc1cccc(S(=O)(=O)CCN2CCN(S(=O)(=O)c3ccccc3F)CC2)c1. The van der Waals surface area contributed by atoms with E-state index < -0.39 is 25.7 Å². The zero-order valence-electron chi connectivity index (χ0n) is 16.0. The zero-order chi connectivity index (χ0) is 21.1. The second kappa shape index (κ2) is 8.78. The Balaban J connectivity index is 1.59. The predicted molar refractivity (Wildman–Crippen MR) is 107 cm³/mol. The molecule has 0 atom stereocenters. The van der Waals surface area contributed by atoms with E-state index in [1.807, 2.05) is 4.90 Å². The lowest BCUT2D eigenvalue weighted by atomic mass is 10.3. The van der Waals surface area contributed by atoms with Gasteiger partial charge in [0.2, 0.25) is 10.0 Å². The smallest absolute Gasteiger partial charge is 0.246 e. The predicted octanol–water partition coefficient (Wildman–Crippen LogP) is 1.61. The lowest BCUT2D eigenvalue weighted by Crippen LogP contribution is -2.49. The van der Waals surface area contributed by atoms with Crippen LogP contribution in [-0.4, -0.2) is 71.6 Å². The zero-order valence-corrected chi connectivity index (χ0v) is 17.6. The first-order valence-corrected chi connectivity index (χ1v) is 12.2. The molecule has 1 fully saturated rings. The number of halogens is 1. The molecule has 1 aliphatic rings. The van der Waals surface area contributed by atoms with Gasteiger partial charge in [0, 0.05) is 32.7 Å². The van der Waals surface area contributed by atoms with E-state index in [1.165, 1.54) is 41.7 Å². The molecular weight excluding hydrogens is 419 g/mol. The monoisotopic (exact) mass is 442 g/mol. The molecule has 1 saturated heterocycles. The summed E-state index contributed by atoms with van der Waals surface area (Å²) in [5.74, 6) is -0.391. The highest BCUT2D eigenvalue weighted by Crippen LogP contribution is 2.21. The van der Waals surface area contributed by atoms with Crippen LogP contribution in [-0.2, 0) is 19.9 Å². The van der Waals surface area contributed by atoms with Crippen molar-refractivity contribution in [3.05, 3.63) is 54.3 Å². The standard InChI is InChI=1S/C19H23FN2O5S2/c1-27-16-5-4-6-17(15-16)28(23,24)14-13-21-9-11-22(12-10-21)29(25,26)19-8-3-2-7-18(19)20/h2-8,15H,9-14H2,1H3. The summed E-state index contributed by atoms with van der Waals surface area (Å²) >= 11 is 0. The second-order valence-corrected chi connectivity index (χ2v) is 10.7. The fourth-order valence-corrected chi connectivity index (χ4v) is 5.95. The lowest BCUT2D eigenvalue weighted by molar-refractivity contribution is 0.196. The third-order valence-electron chi connectivity index (χ3n) is 4.86. The van der Waals surface area contributed by atoms with Crippen molar-refractivity contribution in [1.29, 1.82) is 0 Å². The first-order chi connectivity index (χ1) is 13.7. The van der Waals surface area contributed by atoms with Gasteiger partial charge < -0.3 is 4.74 Å². The molecule has 0 bridgehead atoms. The van der Waals surface area contributed by atoms with Gasteiger partial charge in [0.1, 0.15) is 16.5 Å². The van der Waals surface area contributed by atoms with Gasteiger partial charge in [-0.3, -0.25) is 4.90 Å². The third kappa shape index (κ3) is 4.95. The summed E-state index contributed by atoms with van der Waals surface area (Å²) in [7, 11) is -5.92. The molecule has 158 valence electrons. The number of piperazine rings is 1. The molecule has 1 heterocycles. The van der Waals surface area contributed by atoms with Gasteiger partial charge in [-0.25, -0.2) is 21.2 Å². The molecule has 0 N–H and O–H groups in total. The van der Waals surface area contributed by atoms with E-state index in [0.717, 1.165) is 6.07 Å². The Morgan fingerprint density at radius 1 is 0.966 bits per heavy atom. The van der Waals surface area contributed by atoms with Crippen LogP contribution in [0.15, 0.2) is 58.3 Å². The maximum atomic E-state index is 13.9. The summed E-state index contributed by atoms with van der Waals surface area (Å²) in [5.41, 5.74) is 0. The number of ether oxygens (including phenoxy) is 1. The molecule has 7 nitrogen and oxygen atoms in total. The minimum atomic E-state index is -3.91. The highest BCUT2D eigenvalue weighted by atomic mass is 32.2. The molecule has 1 aliphatic heterocycles. The average Bonchev–Trinajstić information content (AvgIpc) is 2.73. The molecule has 2 aromatic rings. The molecular formula is C19H23FN2O5S2. The largest absolute Gasteiger partial charge is 0.497 e. The Hall–Kier alpha value is -2.01. The van der Waals surface area contributed by atoms with Crippen molar-refractivity contribution in [2.45, 2.75) is 9.79 Å². The second-order valence-electron chi connectivity index (χ2n) is 6.67. The van der Waals surface area contributed by atoms with Crippen molar-refractivity contribution in [3.8, 4) is 5.75 Å². The topological polar surface area (TPSA) is 84.0 Å². The van der Waals surface area contributed by atoms with Crippen LogP contribution in [0.5, 0.6) is 5.75 Å². The van der Waals surface area contributed by atoms with Gasteiger partial charge >= 0.3 is 0 Å². The fraction of sp³-hybridized carbons (Fsp3) is 0.368. The minimum Gasteiger partial charge on any atom is -0.497 e. The lowest BCUT2D eigenvalue weighted by Gasteiger charge is -2.33. The van der Waals surface area contributed by atoms with Gasteiger partial charge in [-0.05, 0) is 30.3 Å². The number of benzene rings is 2. The Kier molecular flexibility index (Phi) is 6.57. The highest BCUT2D eigenvalue weighted by molar-refractivity contribution is 7.91. The van der Waals surface area contributed by atoms with Crippen molar-refractivity contribution >= 4 is 19.9 Å². The summed E-state index contributed by atoms with van der Waals surface area (Å²) in [6.07, 6.45) is 0. The van der Waals surface area contributed by atoms with Crippen molar-refractivity contribution in [2.24, 2.45) is 0 Å². The number of nitrogens with zero attached hydrogens (tertiary/aromatic N) is 2. The first kappa shape index (κ1) is 21.7. The average molecular weight is 443 g/mol. The molecule has 0 saturated carbocycles. The highest BCUT2D eigenvalue weighted by Gasteiger charge is 2.30. The molecule has 0 amide bonds. The van der Waals surface area contributed by atoms with Crippen LogP contribution in [0, 0.1) is 5.82 Å². The summed E-state index contributed by atoms with van der Waals surface area (Å²) in [6.45, 7) is 1.39. The van der Waals surface area contributed by atoms with E-state index in [2.05, 4.69) is 0 Å². The number of hydrogen-bond donors (Lipinski definition) is 0. The minimum absolute atomic E-state index is 0.0831. The molecule has 2 aromatic carbocycles. The molecule has 3 rings (SSSR count). The Bertz CT molecular complexity index is 1070. The van der Waals surface area contributed by atoms with Crippen molar-refractivity contribution in [3.63, 3.8) is 0 Å². The van der Waals surface area contributed by atoms with Gasteiger partial charge in [0.25, 0.3) is 0 Å². The number of hydrogen-bond acceptors (Lipinski definition) is 6. The quantitative estimate of drug-likeness (QED) is 0.648. The molecule has 0 spiro atoms. The maximum Gasteiger partial charge on any atom is 0.246 e. The third-order valence-corrected chi connectivity index (χ3v) is 8.49. The molecule has 0 unspecified atom stereocenters. The summed E-state index contributed by atoms with van der Waals surface area (Å²) in [4.78, 5) is 1.75. The first-order valence-electron chi connectivity index (χ1n) is 9.08. The van der Waals surface area contributed by atoms with E-state index in [4.69, 9.17) is 4.74 Å². The van der Waals surface area contributed by atoms with Crippen molar-refractivity contribution in [2.75, 3.05) is 45.6 Å². The normalized spacial score (nSPS) is 16.6. The molecule has 0 radical (unpaired) electrons. The Morgan fingerprint density at radius 2 is 1.66 bits per heavy atom. The van der Waals surface area contributed by atoms with Gasteiger partial charge in [-0.15, -0.1) is 0 Å². The van der Waals surface area contributed by atoms with E-state index in [0.29, 0.717) is 18.8 Å². The van der Waals surface area contributed by atoms with E-state index in [-0.39, 0.29) is 35.2 Å². The number of sulfonamides is 1. The van der Waals surface area contributed by atoms with Crippen LogP contribution >= 0.6 is 0 Å². The maximum absolute atomic E-state index is 13.9. The Labute approximate surface area is 170 Å². The van der Waals surface area contributed by atoms with Gasteiger partial charge in [0.05, 0.1) is 17.8 Å². The number of rotatable bonds is 7.